The molecule has 3 N–H and O–H groups in total. The lowest BCUT2D eigenvalue weighted by atomic mass is 10.1. The van der Waals surface area contributed by atoms with Gasteiger partial charge in [-0.2, -0.15) is 0 Å². The number of carbonyl (C=O) groups is 1. The predicted octanol–water partition coefficient (Wildman–Crippen LogP) is 2.59. The van der Waals surface area contributed by atoms with E-state index in [0.29, 0.717) is 6.54 Å². The van der Waals surface area contributed by atoms with Crippen LogP contribution in [-0.2, 0) is 6.54 Å². The molecule has 0 bridgehead atoms. The van der Waals surface area contributed by atoms with Gasteiger partial charge in [0.2, 0.25) is 0 Å². The number of rotatable bonds is 6. The molecule has 1 aromatic rings. The Balaban J connectivity index is 0.00000220. The van der Waals surface area contributed by atoms with Crippen LogP contribution < -0.4 is 11.1 Å². The highest BCUT2D eigenvalue weighted by molar-refractivity contribution is 5.94. The van der Waals surface area contributed by atoms with Gasteiger partial charge in [0.1, 0.15) is 0 Å². The average Bonchev–Trinajstić information content (AvgIpc) is 2.91. The molecule has 0 aliphatic carbocycles. The van der Waals surface area contributed by atoms with E-state index in [9.17, 15) is 4.79 Å². The van der Waals surface area contributed by atoms with Gasteiger partial charge in [-0.15, -0.1) is 24.8 Å². The van der Waals surface area contributed by atoms with Crippen molar-refractivity contribution in [2.45, 2.75) is 38.8 Å². The van der Waals surface area contributed by atoms with E-state index >= 15 is 0 Å². The third kappa shape index (κ3) is 6.97. The van der Waals surface area contributed by atoms with Crippen LogP contribution in [0.15, 0.2) is 24.3 Å². The van der Waals surface area contributed by atoms with Crippen molar-refractivity contribution in [1.29, 1.82) is 0 Å². The highest BCUT2D eigenvalue weighted by Crippen LogP contribution is 2.13. The quantitative estimate of drug-likeness (QED) is 0.831. The van der Waals surface area contributed by atoms with Gasteiger partial charge in [0.15, 0.2) is 0 Å². The summed E-state index contributed by atoms with van der Waals surface area (Å²) < 4.78 is 0. The maximum atomic E-state index is 12.1. The van der Waals surface area contributed by atoms with Gasteiger partial charge in [-0.25, -0.2) is 0 Å². The van der Waals surface area contributed by atoms with Crippen LogP contribution in [0.2, 0.25) is 0 Å². The molecule has 1 aliphatic heterocycles. The Hall–Kier alpha value is -0.810. The van der Waals surface area contributed by atoms with Crippen molar-refractivity contribution in [2.24, 2.45) is 5.73 Å². The molecule has 1 atom stereocenters. The SMILES string of the molecule is CC(N)CCNC(=O)c1cccc(CN2CCCC2)c1.Cl.Cl. The molecule has 0 aromatic heterocycles. The lowest BCUT2D eigenvalue weighted by molar-refractivity contribution is 0.0952. The van der Waals surface area contributed by atoms with Gasteiger partial charge >= 0.3 is 0 Å². The average molecular weight is 348 g/mol. The fourth-order valence-corrected chi connectivity index (χ4v) is 2.53. The first-order valence-electron chi connectivity index (χ1n) is 7.50. The largest absolute Gasteiger partial charge is 0.352 e. The van der Waals surface area contributed by atoms with Gasteiger partial charge in [0.25, 0.3) is 5.91 Å². The van der Waals surface area contributed by atoms with Crippen molar-refractivity contribution in [3.05, 3.63) is 35.4 Å². The lowest BCUT2D eigenvalue weighted by Gasteiger charge is -2.15. The minimum Gasteiger partial charge on any atom is -0.352 e. The summed E-state index contributed by atoms with van der Waals surface area (Å²) in [5, 5.41) is 2.92. The molecule has 1 fully saturated rings. The third-order valence-corrected chi connectivity index (χ3v) is 3.68. The molecule has 6 heteroatoms. The van der Waals surface area contributed by atoms with Crippen molar-refractivity contribution in [3.8, 4) is 0 Å². The van der Waals surface area contributed by atoms with Crippen LogP contribution in [0, 0.1) is 0 Å². The Morgan fingerprint density at radius 1 is 1.32 bits per heavy atom. The number of nitrogens with two attached hydrogens (primary N) is 1. The monoisotopic (exact) mass is 347 g/mol. The zero-order chi connectivity index (χ0) is 14.4. The highest BCUT2D eigenvalue weighted by Gasteiger charge is 2.12. The zero-order valence-corrected chi connectivity index (χ0v) is 14.7. The minimum atomic E-state index is -0.00563. The second-order valence-electron chi connectivity index (χ2n) is 5.71. The van der Waals surface area contributed by atoms with Crippen molar-refractivity contribution in [3.63, 3.8) is 0 Å². The molecule has 1 amide bonds. The van der Waals surface area contributed by atoms with Gasteiger partial charge in [0.05, 0.1) is 0 Å². The van der Waals surface area contributed by atoms with Crippen molar-refractivity contribution >= 4 is 30.7 Å². The molecule has 1 aromatic carbocycles. The molecule has 2 rings (SSSR count). The summed E-state index contributed by atoms with van der Waals surface area (Å²) in [6.45, 7) is 5.87. The standard InChI is InChI=1S/C16H25N3O.2ClH/c1-13(17)7-8-18-16(20)15-6-4-5-14(11-15)12-19-9-2-3-10-19;;/h4-6,11,13H,2-3,7-10,12,17H2,1H3,(H,18,20);2*1H. The molecule has 1 heterocycles. The van der Waals surface area contributed by atoms with E-state index in [1.54, 1.807) is 0 Å². The van der Waals surface area contributed by atoms with Crippen LogP contribution in [-0.4, -0.2) is 36.5 Å². The summed E-state index contributed by atoms with van der Waals surface area (Å²) >= 11 is 0. The van der Waals surface area contributed by atoms with E-state index in [-0.39, 0.29) is 36.8 Å². The van der Waals surface area contributed by atoms with Crippen LogP contribution in [0.4, 0.5) is 0 Å². The van der Waals surface area contributed by atoms with E-state index < -0.39 is 0 Å². The fraction of sp³-hybridized carbons (Fsp3) is 0.562. The van der Waals surface area contributed by atoms with Gasteiger partial charge < -0.3 is 11.1 Å². The van der Waals surface area contributed by atoms with Crippen molar-refractivity contribution in [1.82, 2.24) is 10.2 Å². The Morgan fingerprint density at radius 2 is 2.00 bits per heavy atom. The van der Waals surface area contributed by atoms with Crippen LogP contribution in [0.5, 0.6) is 0 Å². The number of carbonyl (C=O) groups excluding carboxylic acids is 1. The number of halogens is 2. The number of nitrogens with one attached hydrogen (secondary N) is 1. The van der Waals surface area contributed by atoms with Crippen LogP contribution in [0.3, 0.4) is 0 Å². The summed E-state index contributed by atoms with van der Waals surface area (Å²) in [7, 11) is 0. The number of nitrogens with zero attached hydrogens (tertiary/aromatic N) is 1. The summed E-state index contributed by atoms with van der Waals surface area (Å²) in [6, 6.07) is 8.05. The number of hydrogen-bond acceptors (Lipinski definition) is 3. The summed E-state index contributed by atoms with van der Waals surface area (Å²) in [5.74, 6) is -0.00563. The fourth-order valence-electron chi connectivity index (χ4n) is 2.53. The van der Waals surface area contributed by atoms with Crippen molar-refractivity contribution < 1.29 is 4.79 Å². The molecule has 0 spiro atoms. The zero-order valence-electron chi connectivity index (χ0n) is 13.1. The second kappa shape index (κ2) is 10.8. The third-order valence-electron chi connectivity index (χ3n) is 3.68. The van der Waals surface area contributed by atoms with Gasteiger partial charge in [-0.1, -0.05) is 12.1 Å². The lowest BCUT2D eigenvalue weighted by Crippen LogP contribution is -2.29. The van der Waals surface area contributed by atoms with E-state index in [1.807, 2.05) is 25.1 Å². The van der Waals surface area contributed by atoms with Crippen molar-refractivity contribution in [2.75, 3.05) is 19.6 Å². The van der Waals surface area contributed by atoms with Crippen LogP contribution in [0.25, 0.3) is 0 Å². The van der Waals surface area contributed by atoms with Crippen LogP contribution >= 0.6 is 24.8 Å². The molecular formula is C16H27Cl2N3O. The van der Waals surface area contributed by atoms with Gasteiger partial charge in [-0.05, 0) is 57.0 Å². The molecule has 1 aliphatic rings. The maximum absolute atomic E-state index is 12.1. The number of benzene rings is 1. The Labute approximate surface area is 145 Å². The predicted molar refractivity (Wildman–Crippen MR) is 96.0 cm³/mol. The molecule has 22 heavy (non-hydrogen) atoms. The Kier molecular flexibility index (Phi) is 10.4. The summed E-state index contributed by atoms with van der Waals surface area (Å²) in [4.78, 5) is 14.5. The number of likely N-dealkylation sites (tertiary alicyclic amines) is 1. The first kappa shape index (κ1) is 21.2. The molecule has 4 nitrogen and oxygen atoms in total. The maximum Gasteiger partial charge on any atom is 0.251 e. The Bertz CT molecular complexity index is 449. The smallest absolute Gasteiger partial charge is 0.251 e. The normalized spacial score (nSPS) is 15.5. The highest BCUT2D eigenvalue weighted by atomic mass is 35.5. The molecule has 0 saturated carbocycles. The minimum absolute atomic E-state index is 0. The van der Waals surface area contributed by atoms with E-state index in [1.165, 1.54) is 31.5 Å². The van der Waals surface area contributed by atoms with E-state index in [2.05, 4.69) is 16.3 Å². The van der Waals surface area contributed by atoms with E-state index in [4.69, 9.17) is 5.73 Å². The summed E-state index contributed by atoms with van der Waals surface area (Å²) in [5.41, 5.74) is 7.63. The topological polar surface area (TPSA) is 58.4 Å². The summed E-state index contributed by atoms with van der Waals surface area (Å²) in [6.07, 6.45) is 3.38. The van der Waals surface area contributed by atoms with Gasteiger partial charge in [-0.3, -0.25) is 9.69 Å². The molecule has 1 saturated heterocycles. The first-order chi connectivity index (χ1) is 9.65. The molecular weight excluding hydrogens is 321 g/mol. The van der Waals surface area contributed by atoms with E-state index in [0.717, 1.165) is 18.5 Å². The molecule has 0 radical (unpaired) electrons. The Morgan fingerprint density at radius 3 is 2.64 bits per heavy atom. The van der Waals surface area contributed by atoms with Gasteiger partial charge in [0, 0.05) is 24.7 Å². The molecule has 1 unspecified atom stereocenters. The first-order valence-corrected chi connectivity index (χ1v) is 7.50. The molecule has 126 valence electrons. The van der Waals surface area contributed by atoms with Crippen LogP contribution in [0.1, 0.15) is 42.1 Å². The number of amides is 1. The second-order valence-corrected chi connectivity index (χ2v) is 5.71. The number of hydrogen-bond donors (Lipinski definition) is 2.